The molecule has 0 heteroatoms. The molecule has 1 aromatic carbocycles. The molecule has 1 rings (SSSR count). The van der Waals surface area contributed by atoms with Gasteiger partial charge in [0.25, 0.3) is 0 Å². The molecule has 1 radical (unpaired) electrons. The molecule has 0 spiro atoms. The van der Waals surface area contributed by atoms with E-state index in [0.29, 0.717) is 5.92 Å². The Morgan fingerprint density at radius 1 is 1.06 bits per heavy atom. The summed E-state index contributed by atoms with van der Waals surface area (Å²) in [7, 11) is 0. The topological polar surface area (TPSA) is 0 Å². The van der Waals surface area contributed by atoms with Gasteiger partial charge in [0, 0.05) is 6.42 Å². The van der Waals surface area contributed by atoms with Crippen LogP contribution in [0.4, 0.5) is 0 Å². The van der Waals surface area contributed by atoms with E-state index < -0.39 is 0 Å². The van der Waals surface area contributed by atoms with Gasteiger partial charge in [-0.2, -0.15) is 0 Å². The summed E-state index contributed by atoms with van der Waals surface area (Å²) < 4.78 is 0. The molecule has 1 atom stereocenters. The van der Waals surface area contributed by atoms with Crippen LogP contribution in [0.15, 0.2) is 24.3 Å². The van der Waals surface area contributed by atoms with Gasteiger partial charge in [-0.15, -0.1) is 0 Å². The van der Waals surface area contributed by atoms with E-state index in [2.05, 4.69) is 44.0 Å². The van der Waals surface area contributed by atoms with E-state index in [1.807, 2.05) is 0 Å². The second-order valence-corrected chi connectivity index (χ2v) is 5.14. The first kappa shape index (κ1) is 14.8. The van der Waals surface area contributed by atoms with Crippen LogP contribution in [0.5, 0.6) is 0 Å². The van der Waals surface area contributed by atoms with Gasteiger partial charge in [-0.05, 0) is 49.2 Å². The highest BCUT2D eigenvalue weighted by atomic mass is 14.1. The normalized spacial score (nSPS) is 12.1. The third kappa shape index (κ3) is 5.41. The van der Waals surface area contributed by atoms with Crippen molar-refractivity contribution in [2.45, 2.75) is 64.7 Å². The van der Waals surface area contributed by atoms with Crippen LogP contribution in [0.25, 0.3) is 0 Å². The van der Waals surface area contributed by atoms with Gasteiger partial charge in [-0.1, -0.05) is 56.9 Å². The molecule has 0 saturated heterocycles. The fraction of sp³-hybridized carbons (Fsp3) is 0.556. The molecule has 0 fully saturated rings. The van der Waals surface area contributed by atoms with Crippen LogP contribution in [0.2, 0.25) is 0 Å². The van der Waals surface area contributed by atoms with Crippen molar-refractivity contribution in [3.63, 3.8) is 0 Å². The second-order valence-electron chi connectivity index (χ2n) is 5.14. The average molecular weight is 241 g/mol. The number of aryl methyl sites for hydroxylation is 1. The lowest BCUT2D eigenvalue weighted by Gasteiger charge is -2.09. The third-order valence-electron chi connectivity index (χ3n) is 3.68. The number of benzene rings is 1. The van der Waals surface area contributed by atoms with Gasteiger partial charge in [0.15, 0.2) is 0 Å². The van der Waals surface area contributed by atoms with E-state index in [-0.39, 0.29) is 0 Å². The summed E-state index contributed by atoms with van der Waals surface area (Å²) in [6, 6.07) is 9.14. The Morgan fingerprint density at radius 2 is 1.72 bits per heavy atom. The Balaban J connectivity index is 2.25. The standard InChI is InChI=1S/C18H25/c1-4-6-7-8-9-10-11-17-12-14-18(15-13-17)16(3)5-2/h12-16H,5-11H2,2-3H3. The molecular formula is C18H25. The Hall–Kier alpha value is -1.22. The number of rotatable bonds is 8. The van der Waals surface area contributed by atoms with E-state index in [4.69, 9.17) is 6.42 Å². The highest BCUT2D eigenvalue weighted by molar-refractivity contribution is 5.25. The van der Waals surface area contributed by atoms with Crippen molar-refractivity contribution >= 4 is 0 Å². The molecule has 0 aliphatic rings. The number of hydrogen-bond donors (Lipinski definition) is 0. The Kier molecular flexibility index (Phi) is 7.26. The average Bonchev–Trinajstić information content (AvgIpc) is 2.42. The molecule has 0 heterocycles. The maximum Gasteiger partial charge on any atom is 0.00989 e. The van der Waals surface area contributed by atoms with Crippen molar-refractivity contribution in [2.75, 3.05) is 0 Å². The van der Waals surface area contributed by atoms with Crippen LogP contribution in [0.3, 0.4) is 0 Å². The lowest BCUT2D eigenvalue weighted by atomic mass is 9.96. The zero-order chi connectivity index (χ0) is 13.2. The lowest BCUT2D eigenvalue weighted by molar-refractivity contribution is 0.649. The molecule has 0 amide bonds. The number of unbranched alkanes of at least 4 members (excludes halogenated alkanes) is 4. The van der Waals surface area contributed by atoms with Gasteiger partial charge < -0.3 is 0 Å². The monoisotopic (exact) mass is 241 g/mol. The predicted octanol–water partition coefficient (Wildman–Crippen LogP) is 5.28. The highest BCUT2D eigenvalue weighted by Crippen LogP contribution is 2.19. The summed E-state index contributed by atoms with van der Waals surface area (Å²) in [5.41, 5.74) is 2.92. The molecule has 0 aromatic heterocycles. The van der Waals surface area contributed by atoms with E-state index >= 15 is 0 Å². The fourth-order valence-corrected chi connectivity index (χ4v) is 2.14. The maximum atomic E-state index is 6.84. The summed E-state index contributed by atoms with van der Waals surface area (Å²) in [5.74, 6) is 3.13. The van der Waals surface area contributed by atoms with Gasteiger partial charge in [-0.3, -0.25) is 0 Å². The molecule has 0 aliphatic heterocycles. The SMILES string of the molecule is [C]#CCCCCCCc1ccc(C(C)CC)cc1. The van der Waals surface area contributed by atoms with E-state index in [0.717, 1.165) is 12.8 Å². The first-order chi connectivity index (χ1) is 8.77. The van der Waals surface area contributed by atoms with Gasteiger partial charge >= 0.3 is 0 Å². The van der Waals surface area contributed by atoms with E-state index in [1.165, 1.54) is 43.2 Å². The van der Waals surface area contributed by atoms with E-state index in [1.54, 1.807) is 0 Å². The Bertz CT molecular complexity index is 353. The van der Waals surface area contributed by atoms with Gasteiger partial charge in [0.2, 0.25) is 0 Å². The predicted molar refractivity (Wildman–Crippen MR) is 79.1 cm³/mol. The molecule has 1 unspecified atom stereocenters. The van der Waals surface area contributed by atoms with Crippen molar-refractivity contribution in [1.82, 2.24) is 0 Å². The first-order valence-electron chi connectivity index (χ1n) is 7.26. The molecule has 1 aromatic rings. The second kappa shape index (κ2) is 8.81. The van der Waals surface area contributed by atoms with Gasteiger partial charge in [0.05, 0.1) is 0 Å². The maximum absolute atomic E-state index is 6.84. The number of hydrogen-bond acceptors (Lipinski definition) is 0. The summed E-state index contributed by atoms with van der Waals surface area (Å²) in [6.07, 6.45) is 15.0. The van der Waals surface area contributed by atoms with Crippen molar-refractivity contribution < 1.29 is 0 Å². The van der Waals surface area contributed by atoms with Crippen LogP contribution in [0, 0.1) is 12.3 Å². The summed E-state index contributed by atoms with van der Waals surface area (Å²) in [5, 5.41) is 0. The summed E-state index contributed by atoms with van der Waals surface area (Å²) in [4.78, 5) is 0. The van der Waals surface area contributed by atoms with Crippen LogP contribution < -0.4 is 0 Å². The zero-order valence-corrected chi connectivity index (χ0v) is 11.8. The van der Waals surface area contributed by atoms with Crippen molar-refractivity contribution in [3.05, 3.63) is 41.8 Å². The first-order valence-corrected chi connectivity index (χ1v) is 7.26. The molecular weight excluding hydrogens is 216 g/mol. The molecule has 0 bridgehead atoms. The van der Waals surface area contributed by atoms with Crippen molar-refractivity contribution in [2.24, 2.45) is 0 Å². The van der Waals surface area contributed by atoms with Gasteiger partial charge in [-0.25, -0.2) is 0 Å². The Labute approximate surface area is 113 Å². The third-order valence-corrected chi connectivity index (χ3v) is 3.68. The summed E-state index contributed by atoms with van der Waals surface area (Å²) in [6.45, 7) is 4.53. The quantitative estimate of drug-likeness (QED) is 0.429. The molecule has 0 N–H and O–H groups in total. The van der Waals surface area contributed by atoms with Crippen LogP contribution in [-0.4, -0.2) is 0 Å². The minimum atomic E-state index is 0.677. The highest BCUT2D eigenvalue weighted by Gasteiger charge is 2.02. The summed E-state index contributed by atoms with van der Waals surface area (Å²) >= 11 is 0. The fourth-order valence-electron chi connectivity index (χ4n) is 2.14. The Morgan fingerprint density at radius 3 is 2.33 bits per heavy atom. The van der Waals surface area contributed by atoms with Crippen molar-refractivity contribution in [1.29, 1.82) is 0 Å². The molecule has 18 heavy (non-hydrogen) atoms. The van der Waals surface area contributed by atoms with E-state index in [9.17, 15) is 0 Å². The molecule has 97 valence electrons. The minimum absolute atomic E-state index is 0.677. The van der Waals surface area contributed by atoms with Gasteiger partial charge in [0.1, 0.15) is 0 Å². The lowest BCUT2D eigenvalue weighted by Crippen LogP contribution is -1.92. The van der Waals surface area contributed by atoms with Crippen LogP contribution in [-0.2, 0) is 6.42 Å². The largest absolute Gasteiger partial charge is 0.0891 e. The molecule has 0 aliphatic carbocycles. The van der Waals surface area contributed by atoms with Crippen LogP contribution >= 0.6 is 0 Å². The smallest absolute Gasteiger partial charge is 0.00989 e. The van der Waals surface area contributed by atoms with Crippen LogP contribution in [0.1, 0.15) is 69.4 Å². The molecule has 0 saturated carbocycles. The molecule has 0 nitrogen and oxygen atoms in total. The van der Waals surface area contributed by atoms with Crippen molar-refractivity contribution in [3.8, 4) is 5.92 Å². The minimum Gasteiger partial charge on any atom is -0.0891 e. The zero-order valence-electron chi connectivity index (χ0n) is 11.8.